The second-order valence-electron chi connectivity index (χ2n) is 4.68. The van der Waals surface area contributed by atoms with Crippen LogP contribution in [0.25, 0.3) is 10.6 Å². The number of aryl methyl sites for hydroxylation is 1. The maximum atomic E-state index is 11.9. The molecule has 0 amide bonds. The molecule has 0 spiro atoms. The predicted octanol–water partition coefficient (Wildman–Crippen LogP) is 4.06. The lowest BCUT2D eigenvalue weighted by molar-refractivity contribution is -0.145. The van der Waals surface area contributed by atoms with Gasteiger partial charge in [0, 0.05) is 15.5 Å². The fourth-order valence-electron chi connectivity index (χ4n) is 2.44. The Balaban J connectivity index is 1.92. The maximum absolute atomic E-state index is 11.9. The number of ether oxygens (including phenoxy) is 1. The molecule has 1 atom stereocenters. The van der Waals surface area contributed by atoms with Gasteiger partial charge in [-0.3, -0.25) is 4.79 Å². The molecule has 0 N–H and O–H groups in total. The number of fused-ring (bicyclic) bond motifs is 1. The van der Waals surface area contributed by atoms with Crippen LogP contribution in [0, 0.1) is 0 Å². The normalized spacial score (nSPS) is 17.0. The number of carbonyl (C=O) groups is 1. The maximum Gasteiger partial charge on any atom is 0.315 e. The molecule has 0 saturated heterocycles. The Hall–Kier alpha value is -1.39. The van der Waals surface area contributed by atoms with Crippen molar-refractivity contribution in [2.45, 2.75) is 25.7 Å². The Morgan fingerprint density at radius 2 is 2.40 bits per heavy atom. The molecule has 20 heavy (non-hydrogen) atoms. The molecule has 3 rings (SSSR count). The number of hydrogen-bond donors (Lipinski definition) is 0. The summed E-state index contributed by atoms with van der Waals surface area (Å²) in [5.41, 5.74) is 1.89. The zero-order valence-corrected chi connectivity index (χ0v) is 12.6. The lowest BCUT2D eigenvalue weighted by Gasteiger charge is -2.07. The van der Waals surface area contributed by atoms with Crippen molar-refractivity contribution in [2.24, 2.45) is 0 Å². The van der Waals surface area contributed by atoms with Crippen LogP contribution >= 0.6 is 22.9 Å². The molecule has 2 aromatic rings. The number of nitrogens with zero attached hydrogens (tertiary/aromatic N) is 1. The van der Waals surface area contributed by atoms with E-state index in [1.165, 1.54) is 4.88 Å². The van der Waals surface area contributed by atoms with E-state index in [4.69, 9.17) is 16.3 Å². The van der Waals surface area contributed by atoms with E-state index in [0.717, 1.165) is 29.1 Å². The summed E-state index contributed by atoms with van der Waals surface area (Å²) in [6, 6.07) is 7.63. The fraction of sp³-hybridized carbons (Fsp3) is 0.333. The molecule has 5 heteroatoms. The van der Waals surface area contributed by atoms with E-state index in [0.29, 0.717) is 11.6 Å². The van der Waals surface area contributed by atoms with Gasteiger partial charge in [-0.05, 0) is 31.9 Å². The van der Waals surface area contributed by atoms with Crippen LogP contribution < -0.4 is 0 Å². The Morgan fingerprint density at radius 1 is 1.55 bits per heavy atom. The largest absolute Gasteiger partial charge is 0.465 e. The molecule has 1 unspecified atom stereocenters. The van der Waals surface area contributed by atoms with Gasteiger partial charge in [-0.2, -0.15) is 0 Å². The van der Waals surface area contributed by atoms with Crippen molar-refractivity contribution < 1.29 is 9.53 Å². The highest BCUT2D eigenvalue weighted by atomic mass is 35.5. The number of aromatic nitrogens is 1. The van der Waals surface area contributed by atoms with E-state index >= 15 is 0 Å². The van der Waals surface area contributed by atoms with E-state index in [2.05, 4.69) is 4.98 Å². The molecule has 0 radical (unpaired) electrons. The van der Waals surface area contributed by atoms with Gasteiger partial charge in [-0.25, -0.2) is 4.98 Å². The molecular formula is C15H14ClNO2S. The molecule has 1 aromatic carbocycles. The van der Waals surface area contributed by atoms with Crippen LogP contribution in [0.5, 0.6) is 0 Å². The fourth-order valence-corrected chi connectivity index (χ4v) is 3.77. The third kappa shape index (κ3) is 2.45. The first-order chi connectivity index (χ1) is 9.69. The number of halogens is 1. The topological polar surface area (TPSA) is 39.2 Å². The third-order valence-electron chi connectivity index (χ3n) is 3.36. The Labute approximate surface area is 126 Å². The summed E-state index contributed by atoms with van der Waals surface area (Å²) >= 11 is 7.66. The van der Waals surface area contributed by atoms with Crippen LogP contribution in [0.1, 0.15) is 29.8 Å². The highest BCUT2D eigenvalue weighted by Gasteiger charge is 2.33. The molecule has 1 aliphatic rings. The van der Waals surface area contributed by atoms with Crippen LogP contribution in [0.4, 0.5) is 0 Å². The predicted molar refractivity (Wildman–Crippen MR) is 80.3 cm³/mol. The van der Waals surface area contributed by atoms with Gasteiger partial charge < -0.3 is 4.74 Å². The Morgan fingerprint density at radius 3 is 3.15 bits per heavy atom. The highest BCUT2D eigenvalue weighted by molar-refractivity contribution is 7.15. The molecule has 0 aliphatic heterocycles. The first-order valence-electron chi connectivity index (χ1n) is 6.61. The van der Waals surface area contributed by atoms with Crippen LogP contribution in [-0.4, -0.2) is 17.6 Å². The minimum absolute atomic E-state index is 0.158. The average molecular weight is 308 g/mol. The zero-order chi connectivity index (χ0) is 14.1. The molecular weight excluding hydrogens is 294 g/mol. The van der Waals surface area contributed by atoms with Gasteiger partial charge in [0.25, 0.3) is 0 Å². The van der Waals surface area contributed by atoms with E-state index in [1.807, 2.05) is 31.2 Å². The van der Waals surface area contributed by atoms with Gasteiger partial charge in [-0.15, -0.1) is 11.3 Å². The number of benzene rings is 1. The lowest BCUT2D eigenvalue weighted by atomic mass is 10.1. The number of carbonyl (C=O) groups excluding carboxylic acids is 1. The monoisotopic (exact) mass is 307 g/mol. The third-order valence-corrected chi connectivity index (χ3v) is 4.78. The lowest BCUT2D eigenvalue weighted by Crippen LogP contribution is -2.14. The minimum atomic E-state index is -0.200. The van der Waals surface area contributed by atoms with E-state index < -0.39 is 0 Å². The summed E-state index contributed by atoms with van der Waals surface area (Å²) in [5, 5.41) is 1.62. The number of hydrogen-bond acceptors (Lipinski definition) is 4. The molecule has 1 aromatic heterocycles. The standard InChI is InChI=1S/C15H14ClNO2S/c1-2-19-15(18)11-6-7-12-13(11)17-14(20-12)9-4-3-5-10(16)8-9/h3-5,8,11H,2,6-7H2,1H3. The molecule has 0 saturated carbocycles. The summed E-state index contributed by atoms with van der Waals surface area (Å²) in [6.07, 6.45) is 1.71. The van der Waals surface area contributed by atoms with Crippen molar-refractivity contribution in [2.75, 3.05) is 6.61 Å². The van der Waals surface area contributed by atoms with Gasteiger partial charge in [0.2, 0.25) is 0 Å². The van der Waals surface area contributed by atoms with Crippen LogP contribution in [0.15, 0.2) is 24.3 Å². The molecule has 1 aliphatic carbocycles. The van der Waals surface area contributed by atoms with Gasteiger partial charge in [0.05, 0.1) is 12.3 Å². The smallest absolute Gasteiger partial charge is 0.315 e. The van der Waals surface area contributed by atoms with E-state index in [1.54, 1.807) is 11.3 Å². The number of esters is 1. The quantitative estimate of drug-likeness (QED) is 0.803. The summed E-state index contributed by atoms with van der Waals surface area (Å²) in [6.45, 7) is 2.24. The first kappa shape index (κ1) is 13.6. The van der Waals surface area contributed by atoms with E-state index in [9.17, 15) is 4.79 Å². The van der Waals surface area contributed by atoms with Crippen LogP contribution in [-0.2, 0) is 16.0 Å². The molecule has 0 bridgehead atoms. The van der Waals surface area contributed by atoms with Crippen molar-refractivity contribution >= 4 is 28.9 Å². The van der Waals surface area contributed by atoms with Crippen molar-refractivity contribution in [1.29, 1.82) is 0 Å². The van der Waals surface area contributed by atoms with Crippen LogP contribution in [0.2, 0.25) is 5.02 Å². The van der Waals surface area contributed by atoms with Gasteiger partial charge in [0.1, 0.15) is 10.9 Å². The summed E-state index contributed by atoms with van der Waals surface area (Å²) in [7, 11) is 0. The second kappa shape index (κ2) is 5.54. The molecule has 1 heterocycles. The van der Waals surface area contributed by atoms with Crippen LogP contribution in [0.3, 0.4) is 0 Å². The summed E-state index contributed by atoms with van der Waals surface area (Å²) in [5.74, 6) is -0.358. The first-order valence-corrected chi connectivity index (χ1v) is 7.80. The van der Waals surface area contributed by atoms with Crippen molar-refractivity contribution in [3.05, 3.63) is 39.9 Å². The highest BCUT2D eigenvalue weighted by Crippen LogP contribution is 2.40. The second-order valence-corrected chi connectivity index (χ2v) is 6.20. The van der Waals surface area contributed by atoms with E-state index in [-0.39, 0.29) is 11.9 Å². The van der Waals surface area contributed by atoms with Crippen molar-refractivity contribution in [3.63, 3.8) is 0 Å². The zero-order valence-electron chi connectivity index (χ0n) is 11.1. The summed E-state index contributed by atoms with van der Waals surface area (Å²) < 4.78 is 5.12. The number of rotatable bonds is 3. The Bertz CT molecular complexity index is 653. The van der Waals surface area contributed by atoms with Gasteiger partial charge >= 0.3 is 5.97 Å². The minimum Gasteiger partial charge on any atom is -0.465 e. The molecule has 104 valence electrons. The van der Waals surface area contributed by atoms with Crippen molar-refractivity contribution in [3.8, 4) is 10.6 Å². The Kier molecular flexibility index (Phi) is 3.76. The number of thiazole rings is 1. The van der Waals surface area contributed by atoms with Gasteiger partial charge in [-0.1, -0.05) is 23.7 Å². The average Bonchev–Trinajstić information content (AvgIpc) is 2.98. The molecule has 0 fully saturated rings. The van der Waals surface area contributed by atoms with Crippen molar-refractivity contribution in [1.82, 2.24) is 4.98 Å². The van der Waals surface area contributed by atoms with Gasteiger partial charge in [0.15, 0.2) is 0 Å². The summed E-state index contributed by atoms with van der Waals surface area (Å²) in [4.78, 5) is 17.8. The SMILES string of the molecule is CCOC(=O)C1CCc2sc(-c3cccc(Cl)c3)nc21. The molecule has 3 nitrogen and oxygen atoms in total.